The normalized spacial score (nSPS) is 20.2. The van der Waals surface area contributed by atoms with Crippen LogP contribution in [-0.2, 0) is 11.3 Å². The number of nitrogens with one attached hydrogen (secondary N) is 1. The van der Waals surface area contributed by atoms with Crippen molar-refractivity contribution in [2.75, 3.05) is 33.3 Å². The molecule has 0 saturated carbocycles. The Morgan fingerprint density at radius 2 is 2.37 bits per heavy atom. The number of benzene rings is 1. The summed E-state index contributed by atoms with van der Waals surface area (Å²) in [4.78, 5) is 2.23. The van der Waals surface area contributed by atoms with E-state index in [1.165, 1.54) is 12.1 Å². The molecule has 1 heterocycles. The molecule has 0 aromatic heterocycles. The lowest BCUT2D eigenvalue weighted by atomic mass is 10.1. The second-order valence-electron chi connectivity index (χ2n) is 4.85. The third-order valence-electron chi connectivity index (χ3n) is 3.13. The Kier molecular flexibility index (Phi) is 4.86. The van der Waals surface area contributed by atoms with E-state index in [-0.39, 0.29) is 11.9 Å². The summed E-state index contributed by atoms with van der Waals surface area (Å²) < 4.78 is 18.9. The molecule has 1 saturated heterocycles. The fraction of sp³-hybridized carbons (Fsp3) is 0.500. The highest BCUT2D eigenvalue weighted by Gasteiger charge is 2.16. The van der Waals surface area contributed by atoms with Crippen LogP contribution in [0.4, 0.5) is 4.39 Å². The maximum Gasteiger partial charge on any atom is 0.124 e. The van der Waals surface area contributed by atoms with Gasteiger partial charge in [-0.1, -0.05) is 0 Å². The zero-order valence-electron chi connectivity index (χ0n) is 11.0. The molecule has 1 fully saturated rings. The summed E-state index contributed by atoms with van der Waals surface area (Å²) >= 11 is 0. The van der Waals surface area contributed by atoms with E-state index in [9.17, 15) is 4.39 Å². The summed E-state index contributed by atoms with van der Waals surface area (Å²) in [5, 5.41) is 12.0. The largest absolute Gasteiger partial charge is 0.374 e. The lowest BCUT2D eigenvalue weighted by molar-refractivity contribution is -0.0182. The molecule has 1 aromatic rings. The van der Waals surface area contributed by atoms with E-state index in [4.69, 9.17) is 10.00 Å². The van der Waals surface area contributed by atoms with E-state index in [0.29, 0.717) is 12.1 Å². The molecule has 4 nitrogen and oxygen atoms in total. The molecule has 1 atom stereocenters. The number of morpholine rings is 1. The van der Waals surface area contributed by atoms with Crippen LogP contribution in [0.3, 0.4) is 0 Å². The van der Waals surface area contributed by atoms with Gasteiger partial charge in [0.25, 0.3) is 0 Å². The number of ether oxygens (including phenoxy) is 1. The Morgan fingerprint density at radius 3 is 3.11 bits per heavy atom. The first-order valence-electron chi connectivity index (χ1n) is 6.38. The van der Waals surface area contributed by atoms with Crippen LogP contribution < -0.4 is 5.32 Å². The minimum Gasteiger partial charge on any atom is -0.374 e. The van der Waals surface area contributed by atoms with Crippen molar-refractivity contribution in [3.05, 3.63) is 35.1 Å². The number of nitrogens with zero attached hydrogens (tertiary/aromatic N) is 2. The summed E-state index contributed by atoms with van der Waals surface area (Å²) in [7, 11) is 2.07. The van der Waals surface area contributed by atoms with Crippen molar-refractivity contribution in [2.24, 2.45) is 0 Å². The monoisotopic (exact) mass is 263 g/mol. The molecule has 1 N–H and O–H groups in total. The van der Waals surface area contributed by atoms with Crippen LogP contribution in [0.25, 0.3) is 0 Å². The van der Waals surface area contributed by atoms with Crippen molar-refractivity contribution in [3.63, 3.8) is 0 Å². The van der Waals surface area contributed by atoms with Gasteiger partial charge in [-0.2, -0.15) is 5.26 Å². The Bertz CT molecular complexity index is 472. The van der Waals surface area contributed by atoms with Crippen molar-refractivity contribution in [2.45, 2.75) is 12.6 Å². The molecule has 1 aliphatic heterocycles. The smallest absolute Gasteiger partial charge is 0.124 e. The fourth-order valence-electron chi connectivity index (χ4n) is 2.18. The van der Waals surface area contributed by atoms with Gasteiger partial charge in [-0.25, -0.2) is 4.39 Å². The first-order valence-corrected chi connectivity index (χ1v) is 6.38. The zero-order chi connectivity index (χ0) is 13.7. The number of hydrogen-bond acceptors (Lipinski definition) is 4. The third kappa shape index (κ3) is 4.28. The van der Waals surface area contributed by atoms with Gasteiger partial charge in [0.1, 0.15) is 5.82 Å². The van der Waals surface area contributed by atoms with Gasteiger partial charge in [-0.3, -0.25) is 0 Å². The van der Waals surface area contributed by atoms with E-state index in [1.807, 2.05) is 6.07 Å². The quantitative estimate of drug-likeness (QED) is 0.884. The fourth-order valence-corrected chi connectivity index (χ4v) is 2.18. The molecular weight excluding hydrogens is 245 g/mol. The highest BCUT2D eigenvalue weighted by molar-refractivity contribution is 5.33. The number of likely N-dealkylation sites (N-methyl/N-ethyl adjacent to an activating group) is 1. The van der Waals surface area contributed by atoms with Crippen LogP contribution in [0.15, 0.2) is 18.2 Å². The van der Waals surface area contributed by atoms with Crippen molar-refractivity contribution in [3.8, 4) is 6.07 Å². The van der Waals surface area contributed by atoms with Crippen LogP contribution >= 0.6 is 0 Å². The lowest BCUT2D eigenvalue weighted by Crippen LogP contribution is -2.44. The van der Waals surface area contributed by atoms with E-state index in [0.717, 1.165) is 31.8 Å². The SMILES string of the molecule is CN1CCOC(CNCc2cc(F)cc(C#N)c2)C1. The van der Waals surface area contributed by atoms with Crippen molar-refractivity contribution in [1.29, 1.82) is 5.26 Å². The average molecular weight is 263 g/mol. The molecule has 1 aliphatic rings. The average Bonchev–Trinajstić information content (AvgIpc) is 2.38. The molecular formula is C14H18FN3O. The Morgan fingerprint density at radius 1 is 1.53 bits per heavy atom. The molecule has 1 unspecified atom stereocenters. The molecule has 0 radical (unpaired) electrons. The number of nitriles is 1. The van der Waals surface area contributed by atoms with Crippen molar-refractivity contribution >= 4 is 0 Å². The summed E-state index contributed by atoms with van der Waals surface area (Å²) in [6.07, 6.45) is 0.169. The Balaban J connectivity index is 1.82. The molecule has 2 rings (SSSR count). The maximum atomic E-state index is 13.2. The summed E-state index contributed by atoms with van der Waals surface area (Å²) in [5.74, 6) is -0.371. The molecule has 19 heavy (non-hydrogen) atoms. The van der Waals surface area contributed by atoms with Crippen molar-refractivity contribution < 1.29 is 9.13 Å². The van der Waals surface area contributed by atoms with E-state index in [2.05, 4.69) is 17.3 Å². The van der Waals surface area contributed by atoms with Crippen LogP contribution in [-0.4, -0.2) is 44.3 Å². The molecule has 0 spiro atoms. The highest BCUT2D eigenvalue weighted by atomic mass is 19.1. The lowest BCUT2D eigenvalue weighted by Gasteiger charge is -2.30. The predicted octanol–water partition coefficient (Wildman–Crippen LogP) is 1.12. The van der Waals surface area contributed by atoms with Gasteiger partial charge in [-0.15, -0.1) is 0 Å². The van der Waals surface area contributed by atoms with E-state index in [1.54, 1.807) is 6.07 Å². The molecule has 5 heteroatoms. The zero-order valence-corrected chi connectivity index (χ0v) is 11.0. The number of hydrogen-bond donors (Lipinski definition) is 1. The van der Waals surface area contributed by atoms with Crippen LogP contribution in [0.5, 0.6) is 0 Å². The van der Waals surface area contributed by atoms with Gasteiger partial charge < -0.3 is 15.0 Å². The Labute approximate surface area is 112 Å². The van der Waals surface area contributed by atoms with Crippen LogP contribution in [0, 0.1) is 17.1 Å². The molecule has 1 aromatic carbocycles. The Hall–Kier alpha value is -1.48. The van der Waals surface area contributed by atoms with Gasteiger partial charge in [0.2, 0.25) is 0 Å². The van der Waals surface area contributed by atoms with E-state index < -0.39 is 0 Å². The minimum absolute atomic E-state index is 0.169. The first kappa shape index (κ1) is 13.9. The second kappa shape index (κ2) is 6.62. The van der Waals surface area contributed by atoms with Gasteiger partial charge in [0.05, 0.1) is 24.3 Å². The standard InChI is InChI=1S/C14H18FN3O/c1-18-2-3-19-14(10-18)9-17-8-12-4-11(7-16)5-13(15)6-12/h4-6,14,17H,2-3,8-10H2,1H3. The summed E-state index contributed by atoms with van der Waals surface area (Å²) in [5.41, 5.74) is 1.13. The van der Waals surface area contributed by atoms with Crippen molar-refractivity contribution in [1.82, 2.24) is 10.2 Å². The summed E-state index contributed by atoms with van der Waals surface area (Å²) in [6, 6.07) is 6.34. The van der Waals surface area contributed by atoms with Gasteiger partial charge in [0.15, 0.2) is 0 Å². The maximum absolute atomic E-state index is 13.2. The molecule has 0 bridgehead atoms. The van der Waals surface area contributed by atoms with Gasteiger partial charge >= 0.3 is 0 Å². The molecule has 0 aliphatic carbocycles. The first-order chi connectivity index (χ1) is 9.17. The number of halogens is 1. The highest BCUT2D eigenvalue weighted by Crippen LogP contribution is 2.08. The molecule has 0 amide bonds. The molecule has 102 valence electrons. The van der Waals surface area contributed by atoms with Gasteiger partial charge in [-0.05, 0) is 30.8 Å². The topological polar surface area (TPSA) is 48.3 Å². The van der Waals surface area contributed by atoms with Crippen LogP contribution in [0.1, 0.15) is 11.1 Å². The second-order valence-corrected chi connectivity index (χ2v) is 4.85. The predicted molar refractivity (Wildman–Crippen MR) is 70.1 cm³/mol. The van der Waals surface area contributed by atoms with Gasteiger partial charge in [0, 0.05) is 26.2 Å². The van der Waals surface area contributed by atoms with E-state index >= 15 is 0 Å². The minimum atomic E-state index is -0.371. The number of rotatable bonds is 4. The third-order valence-corrected chi connectivity index (χ3v) is 3.13. The van der Waals surface area contributed by atoms with Crippen LogP contribution in [0.2, 0.25) is 0 Å². The summed E-state index contributed by atoms with van der Waals surface area (Å²) in [6.45, 7) is 3.88.